The number of nitrogens with two attached hydrogens (primary N) is 1. The Kier molecular flexibility index (Phi) is 2.97. The molecule has 1 heterocycles. The van der Waals surface area contributed by atoms with Crippen molar-refractivity contribution in [3.05, 3.63) is 34.1 Å². The standard InChI is InChI=1S/C12H14N4O3/c1-12(2,3)11-14-10(19-15-11)8-6-7(16(17)18)4-5-9(8)13/h4-6H,13H2,1-3H3. The molecule has 0 unspecified atom stereocenters. The second-order valence-corrected chi connectivity index (χ2v) is 5.20. The molecule has 2 N–H and O–H groups in total. The van der Waals surface area contributed by atoms with Crippen molar-refractivity contribution in [2.45, 2.75) is 26.2 Å². The molecule has 0 saturated carbocycles. The summed E-state index contributed by atoms with van der Waals surface area (Å²) in [5, 5.41) is 14.6. The van der Waals surface area contributed by atoms with Gasteiger partial charge in [-0.3, -0.25) is 10.1 Å². The first-order chi connectivity index (χ1) is 8.79. The first-order valence-electron chi connectivity index (χ1n) is 5.67. The highest BCUT2D eigenvalue weighted by Gasteiger charge is 2.23. The molecule has 0 saturated heterocycles. The zero-order chi connectivity index (χ0) is 14.2. The van der Waals surface area contributed by atoms with Crippen LogP contribution in [0.25, 0.3) is 11.5 Å². The molecule has 0 radical (unpaired) electrons. The van der Waals surface area contributed by atoms with Gasteiger partial charge in [-0.05, 0) is 6.07 Å². The van der Waals surface area contributed by atoms with Crippen molar-refractivity contribution in [3.63, 3.8) is 0 Å². The summed E-state index contributed by atoms with van der Waals surface area (Å²) in [6.45, 7) is 5.83. The molecule has 0 bridgehead atoms. The van der Waals surface area contributed by atoms with Gasteiger partial charge in [0.2, 0.25) is 0 Å². The van der Waals surface area contributed by atoms with Crippen molar-refractivity contribution in [1.29, 1.82) is 0 Å². The average molecular weight is 262 g/mol. The number of nitrogens with zero attached hydrogens (tertiary/aromatic N) is 3. The third-order valence-corrected chi connectivity index (χ3v) is 2.57. The third kappa shape index (κ3) is 2.54. The Labute approximate surface area is 109 Å². The summed E-state index contributed by atoms with van der Waals surface area (Å²) in [6, 6.07) is 4.11. The van der Waals surface area contributed by atoms with Gasteiger partial charge in [0.1, 0.15) is 0 Å². The maximum Gasteiger partial charge on any atom is 0.270 e. The number of hydrogen-bond donors (Lipinski definition) is 1. The summed E-state index contributed by atoms with van der Waals surface area (Å²) < 4.78 is 5.13. The van der Waals surface area contributed by atoms with Gasteiger partial charge < -0.3 is 10.3 Å². The molecule has 2 rings (SSSR count). The van der Waals surface area contributed by atoms with E-state index in [0.717, 1.165) is 0 Å². The SMILES string of the molecule is CC(C)(C)c1noc(-c2cc([N+](=O)[O-])ccc2N)n1. The van der Waals surface area contributed by atoms with E-state index in [1.54, 1.807) is 0 Å². The van der Waals surface area contributed by atoms with Crippen LogP contribution in [-0.2, 0) is 5.41 Å². The number of nitrogen functional groups attached to an aromatic ring is 1. The average Bonchev–Trinajstić information content (AvgIpc) is 2.78. The Morgan fingerprint density at radius 1 is 1.37 bits per heavy atom. The Morgan fingerprint density at radius 2 is 2.05 bits per heavy atom. The smallest absolute Gasteiger partial charge is 0.270 e. The zero-order valence-corrected chi connectivity index (χ0v) is 10.9. The Hall–Kier alpha value is -2.44. The normalized spacial score (nSPS) is 11.5. The summed E-state index contributed by atoms with van der Waals surface area (Å²) in [4.78, 5) is 14.5. The lowest BCUT2D eigenvalue weighted by Crippen LogP contribution is -2.13. The first kappa shape index (κ1) is 13.0. The number of nitro groups is 1. The minimum absolute atomic E-state index is 0.0697. The van der Waals surface area contributed by atoms with Gasteiger partial charge in [-0.15, -0.1) is 0 Å². The van der Waals surface area contributed by atoms with Gasteiger partial charge in [0.15, 0.2) is 5.82 Å². The fraction of sp³-hybridized carbons (Fsp3) is 0.333. The van der Waals surface area contributed by atoms with E-state index in [1.165, 1.54) is 18.2 Å². The van der Waals surface area contributed by atoms with E-state index in [2.05, 4.69) is 10.1 Å². The van der Waals surface area contributed by atoms with Gasteiger partial charge in [0, 0.05) is 23.2 Å². The molecule has 0 atom stereocenters. The van der Waals surface area contributed by atoms with Crippen LogP contribution in [0.4, 0.5) is 11.4 Å². The molecule has 2 aromatic rings. The summed E-state index contributed by atoms with van der Waals surface area (Å²) in [7, 11) is 0. The second-order valence-electron chi connectivity index (χ2n) is 5.20. The largest absolute Gasteiger partial charge is 0.398 e. The lowest BCUT2D eigenvalue weighted by atomic mass is 9.96. The van der Waals surface area contributed by atoms with Crippen LogP contribution < -0.4 is 5.73 Å². The molecule has 0 amide bonds. The van der Waals surface area contributed by atoms with Gasteiger partial charge >= 0.3 is 0 Å². The lowest BCUT2D eigenvalue weighted by Gasteiger charge is -2.10. The van der Waals surface area contributed by atoms with Crippen molar-refractivity contribution < 1.29 is 9.45 Å². The number of benzene rings is 1. The topological polar surface area (TPSA) is 108 Å². The molecule has 1 aromatic heterocycles. The molecular weight excluding hydrogens is 248 g/mol. The Morgan fingerprint density at radius 3 is 2.58 bits per heavy atom. The van der Waals surface area contributed by atoms with Crippen LogP contribution in [0.3, 0.4) is 0 Å². The van der Waals surface area contributed by atoms with Crippen LogP contribution in [0.15, 0.2) is 22.7 Å². The van der Waals surface area contributed by atoms with Crippen LogP contribution in [0.5, 0.6) is 0 Å². The van der Waals surface area contributed by atoms with Crippen LogP contribution in [0, 0.1) is 10.1 Å². The fourth-order valence-electron chi connectivity index (χ4n) is 1.48. The summed E-state index contributed by atoms with van der Waals surface area (Å²) in [6.07, 6.45) is 0. The van der Waals surface area contributed by atoms with E-state index in [9.17, 15) is 10.1 Å². The van der Waals surface area contributed by atoms with E-state index in [0.29, 0.717) is 17.1 Å². The van der Waals surface area contributed by atoms with Crippen LogP contribution >= 0.6 is 0 Å². The highest BCUT2D eigenvalue weighted by Crippen LogP contribution is 2.30. The van der Waals surface area contributed by atoms with Crippen molar-refractivity contribution in [3.8, 4) is 11.5 Å². The van der Waals surface area contributed by atoms with Gasteiger partial charge in [-0.1, -0.05) is 25.9 Å². The minimum atomic E-state index is -0.496. The number of aromatic nitrogens is 2. The maximum atomic E-state index is 10.8. The van der Waals surface area contributed by atoms with Gasteiger partial charge in [-0.25, -0.2) is 0 Å². The summed E-state index contributed by atoms with van der Waals surface area (Å²) in [5.41, 5.74) is 6.18. The van der Waals surface area contributed by atoms with Crippen molar-refractivity contribution in [2.75, 3.05) is 5.73 Å². The minimum Gasteiger partial charge on any atom is -0.398 e. The van der Waals surface area contributed by atoms with E-state index in [1.807, 2.05) is 20.8 Å². The van der Waals surface area contributed by atoms with Crippen LogP contribution in [0.1, 0.15) is 26.6 Å². The Bertz CT molecular complexity index is 628. The molecule has 100 valence electrons. The number of rotatable bonds is 2. The van der Waals surface area contributed by atoms with E-state index < -0.39 is 4.92 Å². The Balaban J connectivity index is 2.49. The number of nitro benzene ring substituents is 1. The van der Waals surface area contributed by atoms with E-state index in [4.69, 9.17) is 10.3 Å². The highest BCUT2D eigenvalue weighted by atomic mass is 16.6. The molecule has 7 heteroatoms. The van der Waals surface area contributed by atoms with Crippen LogP contribution in [0.2, 0.25) is 0 Å². The molecule has 7 nitrogen and oxygen atoms in total. The van der Waals surface area contributed by atoms with E-state index in [-0.39, 0.29) is 17.0 Å². The van der Waals surface area contributed by atoms with Crippen LogP contribution in [-0.4, -0.2) is 15.1 Å². The lowest BCUT2D eigenvalue weighted by molar-refractivity contribution is -0.384. The molecule has 0 spiro atoms. The zero-order valence-electron chi connectivity index (χ0n) is 10.9. The van der Waals surface area contributed by atoms with Crippen molar-refractivity contribution in [2.24, 2.45) is 0 Å². The predicted molar refractivity (Wildman–Crippen MR) is 69.5 cm³/mol. The van der Waals surface area contributed by atoms with Crippen molar-refractivity contribution in [1.82, 2.24) is 10.1 Å². The molecule has 19 heavy (non-hydrogen) atoms. The monoisotopic (exact) mass is 262 g/mol. The predicted octanol–water partition coefficient (Wildman–Crippen LogP) is 2.52. The molecule has 0 fully saturated rings. The maximum absolute atomic E-state index is 10.8. The third-order valence-electron chi connectivity index (χ3n) is 2.57. The van der Waals surface area contributed by atoms with Gasteiger partial charge in [0.05, 0.1) is 10.5 Å². The first-order valence-corrected chi connectivity index (χ1v) is 5.67. The molecule has 0 aliphatic rings. The number of hydrogen-bond acceptors (Lipinski definition) is 6. The summed E-state index contributed by atoms with van der Waals surface area (Å²) in [5.74, 6) is 0.708. The molecule has 0 aliphatic heterocycles. The fourth-order valence-corrected chi connectivity index (χ4v) is 1.48. The molecule has 1 aromatic carbocycles. The number of anilines is 1. The van der Waals surface area contributed by atoms with E-state index >= 15 is 0 Å². The molecular formula is C12H14N4O3. The van der Waals surface area contributed by atoms with Gasteiger partial charge in [-0.2, -0.15) is 4.98 Å². The quantitative estimate of drug-likeness (QED) is 0.506. The number of non-ortho nitro benzene ring substituents is 1. The molecule has 0 aliphatic carbocycles. The highest BCUT2D eigenvalue weighted by molar-refractivity contribution is 5.73. The second kappa shape index (κ2) is 4.34. The summed E-state index contributed by atoms with van der Waals surface area (Å²) >= 11 is 0. The van der Waals surface area contributed by atoms with Crippen molar-refractivity contribution >= 4 is 11.4 Å². The van der Waals surface area contributed by atoms with Gasteiger partial charge in [0.25, 0.3) is 11.6 Å².